The molecule has 0 unspecified atom stereocenters. The van der Waals surface area contributed by atoms with E-state index in [0.717, 1.165) is 10.9 Å². The SMILES string of the molecule is NCB(O)OB(c1ccccc1)c1ccccc1. The van der Waals surface area contributed by atoms with E-state index in [1.807, 2.05) is 60.7 Å². The van der Waals surface area contributed by atoms with Crippen molar-refractivity contribution in [3.8, 4) is 0 Å². The van der Waals surface area contributed by atoms with Crippen molar-refractivity contribution in [2.75, 3.05) is 6.44 Å². The maximum atomic E-state index is 9.60. The van der Waals surface area contributed by atoms with Crippen LogP contribution in [0.25, 0.3) is 0 Å². The van der Waals surface area contributed by atoms with Gasteiger partial charge in [0.2, 0.25) is 0 Å². The molecular weight excluding hydrogens is 224 g/mol. The number of nitrogens with two attached hydrogens (primary N) is 1. The number of hydrogen-bond donors (Lipinski definition) is 2. The van der Waals surface area contributed by atoms with Crippen molar-refractivity contribution in [2.24, 2.45) is 5.73 Å². The maximum Gasteiger partial charge on any atom is 0.453 e. The number of benzene rings is 2. The van der Waals surface area contributed by atoms with Crippen LogP contribution in [0.1, 0.15) is 0 Å². The second-order valence-corrected chi connectivity index (χ2v) is 4.03. The van der Waals surface area contributed by atoms with Crippen molar-refractivity contribution in [3.05, 3.63) is 60.7 Å². The van der Waals surface area contributed by atoms with Crippen LogP contribution in [-0.2, 0) is 4.57 Å². The van der Waals surface area contributed by atoms with Gasteiger partial charge in [-0.2, -0.15) is 0 Å². The summed E-state index contributed by atoms with van der Waals surface area (Å²) in [5, 5.41) is 9.60. The molecule has 3 nitrogen and oxygen atoms in total. The fourth-order valence-electron chi connectivity index (χ4n) is 1.82. The predicted octanol–water partition coefficient (Wildman–Crippen LogP) is -0.213. The van der Waals surface area contributed by atoms with Crippen molar-refractivity contribution in [1.82, 2.24) is 0 Å². The first-order chi connectivity index (χ1) is 8.81. The second kappa shape index (κ2) is 6.40. The summed E-state index contributed by atoms with van der Waals surface area (Å²) in [5.41, 5.74) is 7.39. The summed E-state index contributed by atoms with van der Waals surface area (Å²) in [4.78, 5) is 0. The Kier molecular flexibility index (Phi) is 4.59. The van der Waals surface area contributed by atoms with E-state index in [-0.39, 0.29) is 13.4 Å². The summed E-state index contributed by atoms with van der Waals surface area (Å²) in [6, 6.07) is 19.6. The van der Waals surface area contributed by atoms with Crippen LogP contribution in [0.15, 0.2) is 60.7 Å². The van der Waals surface area contributed by atoms with Gasteiger partial charge in [-0.05, 0) is 10.9 Å². The summed E-state index contributed by atoms with van der Waals surface area (Å²) in [6.45, 7) is -0.300. The average molecular weight is 239 g/mol. The van der Waals surface area contributed by atoms with E-state index in [9.17, 15) is 5.02 Å². The van der Waals surface area contributed by atoms with Crippen LogP contribution in [0.2, 0.25) is 0 Å². The molecule has 0 spiro atoms. The van der Waals surface area contributed by atoms with E-state index in [1.54, 1.807) is 0 Å². The molecule has 2 rings (SSSR count). The highest BCUT2D eigenvalue weighted by molar-refractivity contribution is 6.83. The molecule has 2 aromatic carbocycles. The molecule has 18 heavy (non-hydrogen) atoms. The molecule has 2 aromatic rings. The zero-order valence-electron chi connectivity index (χ0n) is 10.1. The highest BCUT2D eigenvalue weighted by Gasteiger charge is 2.25. The van der Waals surface area contributed by atoms with Crippen molar-refractivity contribution in [2.45, 2.75) is 0 Å². The summed E-state index contributed by atoms with van der Waals surface area (Å²) < 4.78 is 5.60. The van der Waals surface area contributed by atoms with Gasteiger partial charge in [0.15, 0.2) is 0 Å². The van der Waals surface area contributed by atoms with Gasteiger partial charge >= 0.3 is 14.0 Å². The Bertz CT molecular complexity index is 427. The molecule has 0 radical (unpaired) electrons. The van der Waals surface area contributed by atoms with Crippen LogP contribution in [0.4, 0.5) is 0 Å². The summed E-state index contributed by atoms with van der Waals surface area (Å²) in [5.74, 6) is 0. The molecule has 90 valence electrons. The Morgan fingerprint density at radius 3 is 1.72 bits per heavy atom. The third-order valence-electron chi connectivity index (χ3n) is 2.70. The van der Waals surface area contributed by atoms with Gasteiger partial charge in [-0.3, -0.25) is 0 Å². The maximum absolute atomic E-state index is 9.60. The van der Waals surface area contributed by atoms with Gasteiger partial charge in [0.25, 0.3) is 0 Å². The third-order valence-corrected chi connectivity index (χ3v) is 2.70. The van der Waals surface area contributed by atoms with Crippen molar-refractivity contribution in [3.63, 3.8) is 0 Å². The van der Waals surface area contributed by atoms with Gasteiger partial charge in [0.05, 0.1) is 0 Å². The molecule has 0 saturated heterocycles. The first-order valence-corrected chi connectivity index (χ1v) is 5.94. The molecule has 0 bridgehead atoms. The van der Waals surface area contributed by atoms with Crippen LogP contribution in [0, 0.1) is 0 Å². The zero-order chi connectivity index (χ0) is 12.8. The van der Waals surface area contributed by atoms with Crippen LogP contribution in [0.3, 0.4) is 0 Å². The van der Waals surface area contributed by atoms with E-state index >= 15 is 0 Å². The van der Waals surface area contributed by atoms with Crippen LogP contribution in [-0.4, -0.2) is 25.5 Å². The van der Waals surface area contributed by atoms with Crippen molar-refractivity contribution < 1.29 is 9.60 Å². The molecule has 0 aliphatic carbocycles. The minimum atomic E-state index is -0.963. The van der Waals surface area contributed by atoms with Gasteiger partial charge in [0.1, 0.15) is 0 Å². The second-order valence-electron chi connectivity index (χ2n) is 4.03. The minimum absolute atomic E-state index is 0.0795. The quantitative estimate of drug-likeness (QED) is 0.709. The number of hydrogen-bond acceptors (Lipinski definition) is 3. The lowest BCUT2D eigenvalue weighted by atomic mass is 9.53. The molecule has 5 heteroatoms. The van der Waals surface area contributed by atoms with E-state index in [4.69, 9.17) is 10.3 Å². The Morgan fingerprint density at radius 1 is 0.889 bits per heavy atom. The molecule has 0 atom stereocenters. The lowest BCUT2D eigenvalue weighted by molar-refractivity contribution is 0.428. The van der Waals surface area contributed by atoms with Gasteiger partial charge in [-0.15, -0.1) is 0 Å². The highest BCUT2D eigenvalue weighted by atomic mass is 16.5. The summed E-state index contributed by atoms with van der Waals surface area (Å²) in [6.07, 6.45) is 0.0795. The molecule has 0 aromatic heterocycles. The molecule has 3 N–H and O–H groups in total. The van der Waals surface area contributed by atoms with Crippen molar-refractivity contribution >= 4 is 25.0 Å². The first kappa shape index (κ1) is 12.9. The first-order valence-electron chi connectivity index (χ1n) is 5.94. The van der Waals surface area contributed by atoms with Gasteiger partial charge < -0.3 is 15.3 Å². The van der Waals surface area contributed by atoms with Gasteiger partial charge in [0, 0.05) is 6.44 Å². The van der Waals surface area contributed by atoms with Crippen LogP contribution in [0.5, 0.6) is 0 Å². The normalized spacial score (nSPS) is 10.1. The summed E-state index contributed by atoms with van der Waals surface area (Å²) >= 11 is 0. The molecular formula is C13H15B2NO2. The standard InChI is InChI=1S/C13H15B2NO2/c16-11-14(17)18-15(12-7-3-1-4-8-12)13-9-5-2-6-10-13/h1-10,17H,11,16H2. The minimum Gasteiger partial charge on any atom is -0.467 e. The Balaban J connectivity index is 2.29. The zero-order valence-corrected chi connectivity index (χ0v) is 10.1. The lowest BCUT2D eigenvalue weighted by Gasteiger charge is -2.17. The van der Waals surface area contributed by atoms with Crippen LogP contribution < -0.4 is 16.7 Å². The molecule has 0 aliphatic heterocycles. The predicted molar refractivity (Wildman–Crippen MR) is 76.0 cm³/mol. The molecule has 0 aliphatic rings. The van der Waals surface area contributed by atoms with Gasteiger partial charge in [-0.25, -0.2) is 0 Å². The Labute approximate surface area is 108 Å². The van der Waals surface area contributed by atoms with Crippen molar-refractivity contribution in [1.29, 1.82) is 0 Å². The topological polar surface area (TPSA) is 55.5 Å². The van der Waals surface area contributed by atoms with Gasteiger partial charge in [-0.1, -0.05) is 60.7 Å². The average Bonchev–Trinajstić information content (AvgIpc) is 2.46. The van der Waals surface area contributed by atoms with E-state index in [1.165, 1.54) is 0 Å². The Hall–Kier alpha value is -1.55. The lowest BCUT2D eigenvalue weighted by Crippen LogP contribution is -2.50. The largest absolute Gasteiger partial charge is 0.467 e. The fourth-order valence-corrected chi connectivity index (χ4v) is 1.82. The van der Waals surface area contributed by atoms with Crippen LogP contribution >= 0.6 is 0 Å². The summed E-state index contributed by atoms with van der Waals surface area (Å²) in [7, 11) is -0.963. The number of rotatable bonds is 5. The van der Waals surface area contributed by atoms with E-state index in [0.29, 0.717) is 0 Å². The fraction of sp³-hybridized carbons (Fsp3) is 0.0769. The smallest absolute Gasteiger partial charge is 0.453 e. The van der Waals surface area contributed by atoms with E-state index < -0.39 is 7.12 Å². The monoisotopic (exact) mass is 239 g/mol. The Morgan fingerprint density at radius 2 is 1.33 bits per heavy atom. The molecule has 0 saturated carbocycles. The highest BCUT2D eigenvalue weighted by Crippen LogP contribution is 1.95. The molecule has 0 fully saturated rings. The van der Waals surface area contributed by atoms with E-state index in [2.05, 4.69) is 0 Å². The molecule has 0 heterocycles. The third kappa shape index (κ3) is 3.23. The molecule has 0 amide bonds.